The number of ether oxygens (including phenoxy) is 1. The number of esters is 1. The molecule has 1 rings (SSSR count). The zero-order valence-electron chi connectivity index (χ0n) is 8.74. The summed E-state index contributed by atoms with van der Waals surface area (Å²) in [5.74, 6) is -0.392. The lowest BCUT2D eigenvalue weighted by molar-refractivity contribution is -0.142. The highest BCUT2D eigenvalue weighted by atomic mass is 32.1. The third kappa shape index (κ3) is 2.32. The summed E-state index contributed by atoms with van der Waals surface area (Å²) in [5.41, 5.74) is 0.848. The molecular weight excluding hydrogens is 198 g/mol. The summed E-state index contributed by atoms with van der Waals surface area (Å²) in [6, 6.07) is 0. The van der Waals surface area contributed by atoms with Gasteiger partial charge in [-0.05, 0) is 12.8 Å². The molecule has 0 aliphatic heterocycles. The molecule has 0 fully saturated rings. The molecule has 1 heterocycles. The molecule has 3 nitrogen and oxygen atoms in total. The number of aromatic nitrogens is 1. The molecule has 78 valence electrons. The van der Waals surface area contributed by atoms with E-state index >= 15 is 0 Å². The number of thiazole rings is 1. The number of carbonyl (C=O) groups is 1. The highest BCUT2D eigenvalue weighted by molar-refractivity contribution is 7.09. The topological polar surface area (TPSA) is 39.2 Å². The van der Waals surface area contributed by atoms with Crippen molar-refractivity contribution in [3.8, 4) is 0 Å². The van der Waals surface area contributed by atoms with Crippen molar-refractivity contribution >= 4 is 17.3 Å². The highest BCUT2D eigenvalue weighted by Gasteiger charge is 2.21. The van der Waals surface area contributed by atoms with Crippen LogP contribution in [0.2, 0.25) is 0 Å². The minimum Gasteiger partial charge on any atom is -0.469 e. The number of hydrogen-bond acceptors (Lipinski definition) is 4. The average Bonchev–Trinajstić information content (AvgIpc) is 2.67. The first-order valence-electron chi connectivity index (χ1n) is 4.75. The third-order valence-corrected chi connectivity index (χ3v) is 3.13. The van der Waals surface area contributed by atoms with Crippen LogP contribution in [0.1, 0.15) is 36.9 Å². The quantitative estimate of drug-likeness (QED) is 0.721. The fourth-order valence-electron chi connectivity index (χ4n) is 1.29. The summed E-state index contributed by atoms with van der Waals surface area (Å²) in [6.07, 6.45) is 1.65. The smallest absolute Gasteiger partial charge is 0.314 e. The molecule has 0 radical (unpaired) electrons. The molecule has 1 aromatic rings. The highest BCUT2D eigenvalue weighted by Crippen LogP contribution is 2.23. The van der Waals surface area contributed by atoms with Gasteiger partial charge in [-0.1, -0.05) is 13.8 Å². The molecule has 0 saturated carbocycles. The van der Waals surface area contributed by atoms with E-state index in [1.165, 1.54) is 7.11 Å². The van der Waals surface area contributed by atoms with Gasteiger partial charge in [-0.15, -0.1) is 11.3 Å². The van der Waals surface area contributed by atoms with Crippen LogP contribution in [-0.4, -0.2) is 18.1 Å². The van der Waals surface area contributed by atoms with Gasteiger partial charge in [0.15, 0.2) is 0 Å². The van der Waals surface area contributed by atoms with Crippen LogP contribution in [0.25, 0.3) is 0 Å². The molecule has 4 heteroatoms. The Morgan fingerprint density at radius 3 is 2.79 bits per heavy atom. The van der Waals surface area contributed by atoms with Crippen LogP contribution in [0.4, 0.5) is 0 Å². The van der Waals surface area contributed by atoms with Crippen LogP contribution in [-0.2, 0) is 16.0 Å². The third-order valence-electron chi connectivity index (χ3n) is 2.12. The summed E-state index contributed by atoms with van der Waals surface area (Å²) in [5, 5.41) is 3.02. The minimum atomic E-state index is -0.198. The van der Waals surface area contributed by atoms with Crippen LogP contribution >= 0.6 is 11.3 Å². The monoisotopic (exact) mass is 213 g/mol. The van der Waals surface area contributed by atoms with Gasteiger partial charge < -0.3 is 4.74 Å². The van der Waals surface area contributed by atoms with Crippen LogP contribution in [0.3, 0.4) is 0 Å². The molecule has 0 aromatic carbocycles. The Balaban J connectivity index is 2.83. The Hall–Kier alpha value is -0.900. The SMILES string of the molecule is CCc1nc(C(CC)C(=O)OC)cs1. The lowest BCUT2D eigenvalue weighted by atomic mass is 10.0. The van der Waals surface area contributed by atoms with Gasteiger partial charge in [0.2, 0.25) is 0 Å². The lowest BCUT2D eigenvalue weighted by Gasteiger charge is -2.08. The Labute approximate surface area is 88.1 Å². The maximum Gasteiger partial charge on any atom is 0.314 e. The second-order valence-electron chi connectivity index (χ2n) is 3.00. The predicted octanol–water partition coefficient (Wildman–Crippen LogP) is 2.37. The van der Waals surface area contributed by atoms with E-state index in [1.807, 2.05) is 12.3 Å². The van der Waals surface area contributed by atoms with E-state index in [9.17, 15) is 4.79 Å². The fourth-order valence-corrected chi connectivity index (χ4v) is 2.08. The molecule has 0 saturated heterocycles. The van der Waals surface area contributed by atoms with E-state index in [1.54, 1.807) is 11.3 Å². The van der Waals surface area contributed by atoms with Gasteiger partial charge in [0, 0.05) is 5.38 Å². The van der Waals surface area contributed by atoms with E-state index in [-0.39, 0.29) is 11.9 Å². The van der Waals surface area contributed by atoms with Crippen LogP contribution < -0.4 is 0 Å². The Kier molecular flexibility index (Phi) is 4.07. The number of rotatable bonds is 4. The van der Waals surface area contributed by atoms with E-state index in [2.05, 4.69) is 11.9 Å². The fraction of sp³-hybridized carbons (Fsp3) is 0.600. The first-order valence-corrected chi connectivity index (χ1v) is 5.63. The summed E-state index contributed by atoms with van der Waals surface area (Å²) in [4.78, 5) is 15.8. The van der Waals surface area contributed by atoms with Crippen molar-refractivity contribution < 1.29 is 9.53 Å². The lowest BCUT2D eigenvalue weighted by Crippen LogP contribution is -2.13. The normalized spacial score (nSPS) is 12.5. The molecule has 0 N–H and O–H groups in total. The van der Waals surface area contributed by atoms with Crippen LogP contribution in [0.5, 0.6) is 0 Å². The van der Waals surface area contributed by atoms with E-state index in [0.29, 0.717) is 0 Å². The Morgan fingerprint density at radius 1 is 1.64 bits per heavy atom. The molecule has 0 aliphatic rings. The van der Waals surface area contributed by atoms with Crippen molar-refractivity contribution in [1.29, 1.82) is 0 Å². The summed E-state index contributed by atoms with van der Waals surface area (Å²) in [7, 11) is 1.41. The van der Waals surface area contributed by atoms with Gasteiger partial charge >= 0.3 is 5.97 Å². The van der Waals surface area contributed by atoms with Crippen molar-refractivity contribution in [1.82, 2.24) is 4.98 Å². The molecule has 1 unspecified atom stereocenters. The summed E-state index contributed by atoms with van der Waals surface area (Å²) in [6.45, 7) is 4.02. The minimum absolute atomic E-state index is 0.194. The van der Waals surface area contributed by atoms with Gasteiger partial charge in [0.05, 0.1) is 23.7 Å². The maximum atomic E-state index is 11.4. The molecule has 0 aliphatic carbocycles. The zero-order chi connectivity index (χ0) is 10.6. The molecular formula is C10H15NO2S. The largest absolute Gasteiger partial charge is 0.469 e. The van der Waals surface area contributed by atoms with Gasteiger partial charge in [-0.25, -0.2) is 4.98 Å². The molecule has 1 aromatic heterocycles. The number of methoxy groups -OCH3 is 1. The number of aryl methyl sites for hydroxylation is 1. The molecule has 14 heavy (non-hydrogen) atoms. The average molecular weight is 213 g/mol. The molecule has 0 spiro atoms. The maximum absolute atomic E-state index is 11.4. The summed E-state index contributed by atoms with van der Waals surface area (Å²) >= 11 is 1.60. The van der Waals surface area contributed by atoms with Crippen molar-refractivity contribution in [2.24, 2.45) is 0 Å². The van der Waals surface area contributed by atoms with Crippen molar-refractivity contribution in [3.63, 3.8) is 0 Å². The standard InChI is InChI=1S/C10H15NO2S/c1-4-7(10(12)13-3)8-6-14-9(5-2)11-8/h6-7H,4-5H2,1-3H3. The number of carbonyl (C=O) groups excluding carboxylic acids is 1. The second-order valence-corrected chi connectivity index (χ2v) is 3.95. The predicted molar refractivity (Wildman–Crippen MR) is 56.5 cm³/mol. The van der Waals surface area contributed by atoms with Crippen LogP contribution in [0, 0.1) is 0 Å². The zero-order valence-corrected chi connectivity index (χ0v) is 9.56. The molecule has 0 bridgehead atoms. The van der Waals surface area contributed by atoms with Gasteiger partial charge in [-0.3, -0.25) is 4.79 Å². The van der Waals surface area contributed by atoms with E-state index in [0.717, 1.165) is 23.5 Å². The Bertz CT molecular complexity index is 309. The first kappa shape index (κ1) is 11.2. The summed E-state index contributed by atoms with van der Waals surface area (Å²) < 4.78 is 4.73. The van der Waals surface area contributed by atoms with Gasteiger partial charge in [0.1, 0.15) is 0 Å². The van der Waals surface area contributed by atoms with Gasteiger partial charge in [-0.2, -0.15) is 0 Å². The van der Waals surface area contributed by atoms with E-state index < -0.39 is 0 Å². The number of hydrogen-bond donors (Lipinski definition) is 0. The Morgan fingerprint density at radius 2 is 2.36 bits per heavy atom. The molecule has 0 amide bonds. The molecule has 1 atom stereocenters. The van der Waals surface area contributed by atoms with Crippen molar-refractivity contribution in [2.45, 2.75) is 32.6 Å². The van der Waals surface area contributed by atoms with Crippen molar-refractivity contribution in [2.75, 3.05) is 7.11 Å². The number of nitrogens with zero attached hydrogens (tertiary/aromatic N) is 1. The van der Waals surface area contributed by atoms with Gasteiger partial charge in [0.25, 0.3) is 0 Å². The second kappa shape index (κ2) is 5.10. The van der Waals surface area contributed by atoms with Crippen molar-refractivity contribution in [3.05, 3.63) is 16.1 Å². The van der Waals surface area contributed by atoms with Crippen LogP contribution in [0.15, 0.2) is 5.38 Å². The van der Waals surface area contributed by atoms with E-state index in [4.69, 9.17) is 4.74 Å². The first-order chi connectivity index (χ1) is 6.72.